The third kappa shape index (κ3) is 4.94. The highest BCUT2D eigenvalue weighted by atomic mass is 16.3. The lowest BCUT2D eigenvalue weighted by molar-refractivity contribution is 0.0340. The molecule has 1 aliphatic heterocycles. The lowest BCUT2D eigenvalue weighted by atomic mass is 9.69. The fourth-order valence-electron chi connectivity index (χ4n) is 4.59. The number of nitrogens with one attached hydrogen (secondary N) is 1. The van der Waals surface area contributed by atoms with Gasteiger partial charge in [-0.2, -0.15) is 0 Å². The predicted octanol–water partition coefficient (Wildman–Crippen LogP) is 2.89. The summed E-state index contributed by atoms with van der Waals surface area (Å²) < 4.78 is 0. The summed E-state index contributed by atoms with van der Waals surface area (Å²) in [7, 11) is 0. The Morgan fingerprint density at radius 3 is 2.57 bits per heavy atom. The fraction of sp³-hybridized carbons (Fsp3) is 1.00. The maximum Gasteiger partial charge on any atom is 0.0541 e. The lowest BCUT2D eigenvalue weighted by Crippen LogP contribution is -2.49. The second kappa shape index (κ2) is 7.94. The summed E-state index contributed by atoms with van der Waals surface area (Å²) >= 11 is 0. The first-order valence-electron chi connectivity index (χ1n) is 9.16. The summed E-state index contributed by atoms with van der Waals surface area (Å²) in [5.74, 6) is 1.41. The highest BCUT2D eigenvalue weighted by Gasteiger charge is 2.37. The first-order valence-corrected chi connectivity index (χ1v) is 9.16. The van der Waals surface area contributed by atoms with Crippen LogP contribution in [0, 0.1) is 17.3 Å². The van der Waals surface area contributed by atoms with E-state index in [4.69, 9.17) is 0 Å². The molecule has 3 heteroatoms. The van der Waals surface area contributed by atoms with Crippen molar-refractivity contribution in [3.8, 4) is 0 Å². The minimum Gasteiger partial charge on any atom is -0.393 e. The second-order valence-electron chi connectivity index (χ2n) is 7.84. The van der Waals surface area contributed by atoms with Crippen molar-refractivity contribution in [1.82, 2.24) is 10.2 Å². The zero-order valence-corrected chi connectivity index (χ0v) is 14.4. The van der Waals surface area contributed by atoms with E-state index in [-0.39, 0.29) is 6.10 Å². The summed E-state index contributed by atoms with van der Waals surface area (Å²) in [6.07, 6.45) is 7.80. The molecule has 0 radical (unpaired) electrons. The van der Waals surface area contributed by atoms with Crippen molar-refractivity contribution in [2.45, 2.75) is 65.4 Å². The van der Waals surface area contributed by atoms with Crippen LogP contribution < -0.4 is 5.32 Å². The van der Waals surface area contributed by atoms with Gasteiger partial charge in [-0.3, -0.25) is 0 Å². The van der Waals surface area contributed by atoms with Gasteiger partial charge in [-0.05, 0) is 69.5 Å². The van der Waals surface area contributed by atoms with Crippen LogP contribution >= 0.6 is 0 Å². The Labute approximate surface area is 131 Å². The van der Waals surface area contributed by atoms with E-state index in [1.165, 1.54) is 64.7 Å². The van der Waals surface area contributed by atoms with Crippen molar-refractivity contribution in [3.63, 3.8) is 0 Å². The van der Waals surface area contributed by atoms with Crippen LogP contribution in [0.25, 0.3) is 0 Å². The van der Waals surface area contributed by atoms with Crippen LogP contribution in [0.3, 0.4) is 0 Å². The Morgan fingerprint density at radius 2 is 2.00 bits per heavy atom. The Balaban J connectivity index is 1.90. The third-order valence-electron chi connectivity index (χ3n) is 5.81. The van der Waals surface area contributed by atoms with Gasteiger partial charge in [0, 0.05) is 13.1 Å². The summed E-state index contributed by atoms with van der Waals surface area (Å²) in [6.45, 7) is 12.5. The molecule has 0 aromatic carbocycles. The molecule has 0 spiro atoms. The van der Waals surface area contributed by atoms with E-state index in [0.29, 0.717) is 11.3 Å². The normalized spacial score (nSPS) is 34.0. The second-order valence-corrected chi connectivity index (χ2v) is 7.84. The lowest BCUT2D eigenvalue weighted by Gasteiger charge is -2.45. The van der Waals surface area contributed by atoms with Crippen molar-refractivity contribution in [2.75, 3.05) is 32.7 Å². The van der Waals surface area contributed by atoms with Crippen LogP contribution in [-0.2, 0) is 0 Å². The van der Waals surface area contributed by atoms with Crippen molar-refractivity contribution >= 4 is 0 Å². The van der Waals surface area contributed by atoms with Gasteiger partial charge in [-0.25, -0.2) is 0 Å². The number of aliphatic hydroxyl groups excluding tert-OH is 1. The highest BCUT2D eigenvalue weighted by Crippen LogP contribution is 2.40. The van der Waals surface area contributed by atoms with Crippen LogP contribution in [-0.4, -0.2) is 48.8 Å². The standard InChI is InChI=1S/C18H36N2O/c1-4-19-13-18(9-5-6-15(2)12-18)14-20-10-7-17(8-11-20)16(3)21/h15-17,19,21H,4-14H2,1-3H3. The number of hydrogen-bond acceptors (Lipinski definition) is 3. The molecule has 0 bridgehead atoms. The van der Waals surface area contributed by atoms with Crippen LogP contribution in [0.1, 0.15) is 59.3 Å². The van der Waals surface area contributed by atoms with Gasteiger partial charge in [-0.15, -0.1) is 0 Å². The molecule has 2 fully saturated rings. The maximum atomic E-state index is 9.76. The molecule has 3 unspecified atom stereocenters. The van der Waals surface area contributed by atoms with Crippen LogP contribution in [0.4, 0.5) is 0 Å². The van der Waals surface area contributed by atoms with E-state index in [0.717, 1.165) is 12.5 Å². The molecular formula is C18H36N2O. The smallest absolute Gasteiger partial charge is 0.0541 e. The van der Waals surface area contributed by atoms with Crippen molar-refractivity contribution < 1.29 is 5.11 Å². The quantitative estimate of drug-likeness (QED) is 0.791. The molecule has 1 saturated heterocycles. The molecule has 0 aromatic rings. The summed E-state index contributed by atoms with van der Waals surface area (Å²) in [5, 5.41) is 13.4. The topological polar surface area (TPSA) is 35.5 Å². The average molecular weight is 296 g/mol. The van der Waals surface area contributed by atoms with Crippen LogP contribution in [0.5, 0.6) is 0 Å². The number of piperidine rings is 1. The van der Waals surface area contributed by atoms with Gasteiger partial charge in [-0.1, -0.05) is 26.7 Å². The maximum absolute atomic E-state index is 9.76. The largest absolute Gasteiger partial charge is 0.393 e. The summed E-state index contributed by atoms with van der Waals surface area (Å²) in [5.41, 5.74) is 0.491. The van der Waals surface area contributed by atoms with Crippen molar-refractivity contribution in [2.24, 2.45) is 17.3 Å². The number of rotatable bonds is 6. The Hall–Kier alpha value is -0.120. The SMILES string of the molecule is CCNCC1(CN2CCC(C(C)O)CC2)CCCC(C)C1. The molecule has 3 nitrogen and oxygen atoms in total. The minimum absolute atomic E-state index is 0.127. The van der Waals surface area contributed by atoms with E-state index in [2.05, 4.69) is 24.1 Å². The molecule has 2 N–H and O–H groups in total. The first-order chi connectivity index (χ1) is 10.0. The highest BCUT2D eigenvalue weighted by molar-refractivity contribution is 4.91. The summed E-state index contributed by atoms with van der Waals surface area (Å²) in [6, 6.07) is 0. The third-order valence-corrected chi connectivity index (χ3v) is 5.81. The van der Waals surface area contributed by atoms with E-state index >= 15 is 0 Å². The molecule has 1 heterocycles. The van der Waals surface area contributed by atoms with Gasteiger partial charge >= 0.3 is 0 Å². The monoisotopic (exact) mass is 296 g/mol. The van der Waals surface area contributed by atoms with Gasteiger partial charge in [0.1, 0.15) is 0 Å². The zero-order chi connectivity index (χ0) is 15.3. The van der Waals surface area contributed by atoms with Crippen molar-refractivity contribution in [1.29, 1.82) is 0 Å². The molecule has 0 aromatic heterocycles. The zero-order valence-electron chi connectivity index (χ0n) is 14.4. The molecule has 21 heavy (non-hydrogen) atoms. The Bertz CT molecular complexity index is 300. The Morgan fingerprint density at radius 1 is 1.29 bits per heavy atom. The molecule has 2 rings (SSSR count). The van der Waals surface area contributed by atoms with Gasteiger partial charge in [0.25, 0.3) is 0 Å². The van der Waals surface area contributed by atoms with E-state index in [9.17, 15) is 5.11 Å². The van der Waals surface area contributed by atoms with Gasteiger partial charge in [0.2, 0.25) is 0 Å². The van der Waals surface area contributed by atoms with Crippen molar-refractivity contribution in [3.05, 3.63) is 0 Å². The number of likely N-dealkylation sites (tertiary alicyclic amines) is 1. The first kappa shape index (κ1) is 17.2. The van der Waals surface area contributed by atoms with Gasteiger partial charge in [0.15, 0.2) is 0 Å². The van der Waals surface area contributed by atoms with Gasteiger partial charge < -0.3 is 15.3 Å². The molecule has 124 valence electrons. The Kier molecular flexibility index (Phi) is 6.51. The molecule has 1 saturated carbocycles. The molecule has 1 aliphatic carbocycles. The predicted molar refractivity (Wildman–Crippen MR) is 89.5 cm³/mol. The minimum atomic E-state index is -0.127. The summed E-state index contributed by atoms with van der Waals surface area (Å²) in [4.78, 5) is 2.67. The molecular weight excluding hydrogens is 260 g/mol. The van der Waals surface area contributed by atoms with Crippen LogP contribution in [0.2, 0.25) is 0 Å². The van der Waals surface area contributed by atoms with Crippen LogP contribution in [0.15, 0.2) is 0 Å². The molecule has 2 aliphatic rings. The fourth-order valence-corrected chi connectivity index (χ4v) is 4.59. The molecule has 3 atom stereocenters. The van der Waals surface area contributed by atoms with E-state index in [1.54, 1.807) is 0 Å². The number of aliphatic hydroxyl groups is 1. The number of hydrogen-bond donors (Lipinski definition) is 2. The number of nitrogens with zero attached hydrogens (tertiary/aromatic N) is 1. The van der Waals surface area contributed by atoms with Gasteiger partial charge in [0.05, 0.1) is 6.10 Å². The average Bonchev–Trinajstić information content (AvgIpc) is 2.46. The van der Waals surface area contributed by atoms with E-state index < -0.39 is 0 Å². The molecule has 0 amide bonds. The van der Waals surface area contributed by atoms with E-state index in [1.807, 2.05) is 6.92 Å².